The number of aromatic hydroxyl groups is 1. The van der Waals surface area contributed by atoms with Crippen LogP contribution in [0.5, 0.6) is 5.75 Å². The summed E-state index contributed by atoms with van der Waals surface area (Å²) in [5, 5.41) is 12.1. The van der Waals surface area contributed by atoms with Crippen molar-refractivity contribution in [2.45, 2.75) is 6.92 Å². The van der Waals surface area contributed by atoms with Crippen molar-refractivity contribution >= 4 is 34.8 Å². The van der Waals surface area contributed by atoms with Crippen LogP contribution in [-0.4, -0.2) is 11.0 Å². The third kappa shape index (κ3) is 4.13. The Morgan fingerprint density at radius 3 is 2.41 bits per heavy atom. The van der Waals surface area contributed by atoms with Gasteiger partial charge in [-0.15, -0.1) is 0 Å². The highest BCUT2D eigenvalue weighted by molar-refractivity contribution is 6.37. The largest absolute Gasteiger partial charge is 0.505 e. The van der Waals surface area contributed by atoms with E-state index < -0.39 is 0 Å². The number of phenolic OH excluding ortho intramolecular Hbond substituents is 1. The SMILES string of the molecule is C/C=C/C=CC(=O)Nc1cc(Cl)c(O)c(Cl)c1. The van der Waals surface area contributed by atoms with E-state index in [1.165, 1.54) is 18.2 Å². The zero-order valence-electron chi connectivity index (χ0n) is 9.08. The van der Waals surface area contributed by atoms with Crippen molar-refractivity contribution in [1.29, 1.82) is 0 Å². The van der Waals surface area contributed by atoms with Crippen LogP contribution in [0.3, 0.4) is 0 Å². The van der Waals surface area contributed by atoms with Gasteiger partial charge in [0.15, 0.2) is 5.75 Å². The number of carbonyl (C=O) groups is 1. The number of amides is 1. The van der Waals surface area contributed by atoms with Crippen molar-refractivity contribution in [3.63, 3.8) is 0 Å². The summed E-state index contributed by atoms with van der Waals surface area (Å²) in [7, 11) is 0. The first-order chi connectivity index (χ1) is 8.04. The number of phenols is 1. The van der Waals surface area contributed by atoms with Crippen molar-refractivity contribution in [3.05, 3.63) is 46.5 Å². The predicted octanol–water partition coefficient (Wildman–Crippen LogP) is 3.77. The number of nitrogens with one attached hydrogen (secondary N) is 1. The van der Waals surface area contributed by atoms with Crippen molar-refractivity contribution < 1.29 is 9.90 Å². The molecule has 0 aromatic heterocycles. The lowest BCUT2D eigenvalue weighted by molar-refractivity contribution is -0.111. The van der Waals surface area contributed by atoms with Gasteiger partial charge in [-0.25, -0.2) is 0 Å². The fourth-order valence-corrected chi connectivity index (χ4v) is 1.56. The van der Waals surface area contributed by atoms with Gasteiger partial charge in [0.05, 0.1) is 10.0 Å². The molecule has 0 bridgehead atoms. The lowest BCUT2D eigenvalue weighted by atomic mass is 10.3. The third-order valence-electron chi connectivity index (χ3n) is 1.84. The average Bonchev–Trinajstić information content (AvgIpc) is 2.26. The van der Waals surface area contributed by atoms with Crippen LogP contribution in [0.4, 0.5) is 5.69 Å². The van der Waals surface area contributed by atoms with Gasteiger partial charge >= 0.3 is 0 Å². The van der Waals surface area contributed by atoms with Crippen molar-refractivity contribution in [2.75, 3.05) is 5.32 Å². The normalized spacial score (nSPS) is 11.2. The molecular weight excluding hydrogens is 261 g/mol. The Labute approximate surface area is 109 Å². The standard InChI is InChI=1S/C12H11Cl2NO2/c1-2-3-4-5-11(16)15-8-6-9(13)12(17)10(14)7-8/h2-7,17H,1H3,(H,15,16)/b3-2+,5-4?. The molecule has 1 amide bonds. The zero-order chi connectivity index (χ0) is 12.8. The maximum Gasteiger partial charge on any atom is 0.248 e. The number of anilines is 1. The quantitative estimate of drug-likeness (QED) is 0.500. The first kappa shape index (κ1) is 13.6. The van der Waals surface area contributed by atoms with E-state index in [1.54, 1.807) is 18.2 Å². The molecule has 0 heterocycles. The van der Waals surface area contributed by atoms with E-state index in [-0.39, 0.29) is 21.7 Å². The molecule has 90 valence electrons. The van der Waals surface area contributed by atoms with Crippen molar-refractivity contribution in [2.24, 2.45) is 0 Å². The summed E-state index contributed by atoms with van der Waals surface area (Å²) in [6.07, 6.45) is 6.52. The summed E-state index contributed by atoms with van der Waals surface area (Å²) in [5.74, 6) is -0.503. The monoisotopic (exact) mass is 271 g/mol. The molecule has 17 heavy (non-hydrogen) atoms. The first-order valence-electron chi connectivity index (χ1n) is 4.83. The Bertz CT molecular complexity index is 458. The lowest BCUT2D eigenvalue weighted by Gasteiger charge is -2.05. The molecule has 0 atom stereocenters. The summed E-state index contributed by atoms with van der Waals surface area (Å²) < 4.78 is 0. The molecule has 0 radical (unpaired) electrons. The van der Waals surface area contributed by atoms with Crippen LogP contribution in [0.1, 0.15) is 6.92 Å². The van der Waals surface area contributed by atoms with E-state index in [9.17, 15) is 9.90 Å². The number of hydrogen-bond acceptors (Lipinski definition) is 2. The molecular formula is C12H11Cl2NO2. The van der Waals surface area contributed by atoms with E-state index >= 15 is 0 Å². The molecule has 0 saturated carbocycles. The van der Waals surface area contributed by atoms with E-state index in [1.807, 2.05) is 6.92 Å². The van der Waals surface area contributed by atoms with Gasteiger partial charge in [0, 0.05) is 11.8 Å². The second-order valence-electron chi connectivity index (χ2n) is 3.16. The molecule has 0 unspecified atom stereocenters. The van der Waals surface area contributed by atoms with E-state index in [2.05, 4.69) is 5.32 Å². The lowest BCUT2D eigenvalue weighted by Crippen LogP contribution is -2.07. The fraction of sp³-hybridized carbons (Fsp3) is 0.0833. The van der Waals surface area contributed by atoms with Crippen molar-refractivity contribution in [1.82, 2.24) is 0 Å². The Morgan fingerprint density at radius 2 is 1.88 bits per heavy atom. The topological polar surface area (TPSA) is 49.3 Å². The molecule has 5 heteroatoms. The number of rotatable bonds is 3. The van der Waals surface area contributed by atoms with Crippen LogP contribution < -0.4 is 5.32 Å². The van der Waals surface area contributed by atoms with Gasteiger partial charge in [0.1, 0.15) is 0 Å². The Morgan fingerprint density at radius 1 is 1.29 bits per heavy atom. The number of benzene rings is 1. The summed E-state index contributed by atoms with van der Waals surface area (Å²) in [5.41, 5.74) is 0.424. The number of carbonyl (C=O) groups excluding carboxylic acids is 1. The summed E-state index contributed by atoms with van der Waals surface area (Å²) in [6, 6.07) is 2.84. The third-order valence-corrected chi connectivity index (χ3v) is 2.41. The molecule has 0 aliphatic rings. The van der Waals surface area contributed by atoms with Gasteiger partial charge in [0.2, 0.25) is 5.91 Å². The maximum absolute atomic E-state index is 11.4. The minimum absolute atomic E-state index is 0.0882. The van der Waals surface area contributed by atoms with E-state index in [0.29, 0.717) is 5.69 Å². The smallest absolute Gasteiger partial charge is 0.248 e. The molecule has 0 fully saturated rings. The van der Waals surface area contributed by atoms with Gasteiger partial charge in [-0.3, -0.25) is 4.79 Å². The summed E-state index contributed by atoms with van der Waals surface area (Å²) >= 11 is 11.4. The van der Waals surface area contributed by atoms with Gasteiger partial charge in [-0.1, -0.05) is 41.4 Å². The van der Waals surface area contributed by atoms with E-state index in [0.717, 1.165) is 0 Å². The van der Waals surface area contributed by atoms with Crippen LogP contribution in [0, 0.1) is 0 Å². The summed E-state index contributed by atoms with van der Waals surface area (Å²) in [6.45, 7) is 1.85. The predicted molar refractivity (Wildman–Crippen MR) is 70.7 cm³/mol. The molecule has 0 spiro atoms. The van der Waals surface area contributed by atoms with Crippen LogP contribution in [0.25, 0.3) is 0 Å². The highest BCUT2D eigenvalue weighted by Crippen LogP contribution is 2.34. The van der Waals surface area contributed by atoms with Gasteiger partial charge < -0.3 is 10.4 Å². The number of allylic oxidation sites excluding steroid dienone is 3. The Kier molecular flexibility index (Phi) is 5.07. The minimum Gasteiger partial charge on any atom is -0.505 e. The molecule has 0 aliphatic carbocycles. The second-order valence-corrected chi connectivity index (χ2v) is 3.98. The zero-order valence-corrected chi connectivity index (χ0v) is 10.6. The first-order valence-corrected chi connectivity index (χ1v) is 5.58. The van der Waals surface area contributed by atoms with Crippen LogP contribution in [0.2, 0.25) is 10.0 Å². The van der Waals surface area contributed by atoms with E-state index in [4.69, 9.17) is 23.2 Å². The van der Waals surface area contributed by atoms with Gasteiger partial charge in [-0.05, 0) is 19.1 Å². The fourth-order valence-electron chi connectivity index (χ4n) is 1.08. The minimum atomic E-state index is -0.305. The Hall–Kier alpha value is -1.45. The molecule has 3 nitrogen and oxygen atoms in total. The van der Waals surface area contributed by atoms with Gasteiger partial charge in [0.25, 0.3) is 0 Å². The van der Waals surface area contributed by atoms with Crippen molar-refractivity contribution in [3.8, 4) is 5.75 Å². The highest BCUT2D eigenvalue weighted by atomic mass is 35.5. The van der Waals surface area contributed by atoms with Crippen LogP contribution >= 0.6 is 23.2 Å². The summed E-state index contributed by atoms with van der Waals surface area (Å²) in [4.78, 5) is 11.4. The molecule has 1 rings (SSSR count). The molecule has 1 aromatic carbocycles. The number of hydrogen-bond donors (Lipinski definition) is 2. The van der Waals surface area contributed by atoms with Crippen LogP contribution in [-0.2, 0) is 4.79 Å². The molecule has 0 aliphatic heterocycles. The highest BCUT2D eigenvalue weighted by Gasteiger charge is 2.07. The second kappa shape index (κ2) is 6.33. The van der Waals surface area contributed by atoms with Crippen LogP contribution in [0.15, 0.2) is 36.4 Å². The number of halogens is 2. The average molecular weight is 272 g/mol. The Balaban J connectivity index is 2.79. The molecule has 1 aromatic rings. The van der Waals surface area contributed by atoms with Gasteiger partial charge in [-0.2, -0.15) is 0 Å². The maximum atomic E-state index is 11.4. The molecule has 2 N–H and O–H groups in total. The molecule has 0 saturated heterocycles.